The van der Waals surface area contributed by atoms with Gasteiger partial charge in [0.05, 0.1) is 6.10 Å². The summed E-state index contributed by atoms with van der Waals surface area (Å²) in [7, 11) is 0. The quantitative estimate of drug-likeness (QED) is 0.659. The number of aliphatic hydroxyl groups is 1. The maximum absolute atomic E-state index is 9.86. The van der Waals surface area contributed by atoms with Gasteiger partial charge >= 0.3 is 0 Å². The molecule has 0 aromatic rings. The summed E-state index contributed by atoms with van der Waals surface area (Å²) in [6.07, 6.45) is 4.17. The van der Waals surface area contributed by atoms with Crippen LogP contribution in [0.1, 0.15) is 39.5 Å². The van der Waals surface area contributed by atoms with Crippen LogP contribution in [0.2, 0.25) is 0 Å². The first-order valence-electron chi connectivity index (χ1n) is 5.05. The molecule has 72 valence electrons. The van der Waals surface area contributed by atoms with E-state index in [2.05, 4.69) is 13.8 Å². The molecule has 1 aliphatic rings. The molecule has 0 bridgehead atoms. The van der Waals surface area contributed by atoms with Crippen molar-refractivity contribution in [1.29, 1.82) is 0 Å². The van der Waals surface area contributed by atoms with Crippen LogP contribution < -0.4 is 5.73 Å². The van der Waals surface area contributed by atoms with Gasteiger partial charge in [-0.3, -0.25) is 0 Å². The molecule has 1 fully saturated rings. The van der Waals surface area contributed by atoms with E-state index < -0.39 is 0 Å². The zero-order chi connectivity index (χ0) is 9.19. The van der Waals surface area contributed by atoms with Gasteiger partial charge in [-0.05, 0) is 18.8 Å². The standard InChI is InChI=1S/C10H21NO/c1-3-4-5-9(12)10(7-11)6-8(10)2/h8-9,12H,3-7,11H2,1-2H3/t8-,9+,10+/m0/s1. The zero-order valence-electron chi connectivity index (χ0n) is 8.21. The lowest BCUT2D eigenvalue weighted by atomic mass is 9.92. The monoisotopic (exact) mass is 171 g/mol. The summed E-state index contributed by atoms with van der Waals surface area (Å²) < 4.78 is 0. The summed E-state index contributed by atoms with van der Waals surface area (Å²) in [5.41, 5.74) is 5.76. The van der Waals surface area contributed by atoms with Gasteiger partial charge < -0.3 is 10.8 Å². The lowest BCUT2D eigenvalue weighted by Crippen LogP contribution is -2.31. The van der Waals surface area contributed by atoms with Crippen LogP contribution in [0.25, 0.3) is 0 Å². The number of aliphatic hydroxyl groups excluding tert-OH is 1. The highest BCUT2D eigenvalue weighted by Crippen LogP contribution is 2.54. The molecule has 0 heterocycles. The first kappa shape index (κ1) is 10.0. The van der Waals surface area contributed by atoms with Crippen LogP contribution in [0.4, 0.5) is 0 Å². The van der Waals surface area contributed by atoms with Crippen LogP contribution in [-0.4, -0.2) is 17.8 Å². The van der Waals surface area contributed by atoms with Gasteiger partial charge in [0.25, 0.3) is 0 Å². The van der Waals surface area contributed by atoms with Crippen molar-refractivity contribution < 1.29 is 5.11 Å². The molecule has 2 heteroatoms. The van der Waals surface area contributed by atoms with E-state index in [9.17, 15) is 5.11 Å². The molecule has 0 amide bonds. The summed E-state index contributed by atoms with van der Waals surface area (Å²) in [5, 5.41) is 9.86. The van der Waals surface area contributed by atoms with E-state index in [1.54, 1.807) is 0 Å². The summed E-state index contributed by atoms with van der Waals surface area (Å²) in [6, 6.07) is 0. The molecule has 0 radical (unpaired) electrons. The van der Waals surface area contributed by atoms with E-state index in [0.29, 0.717) is 12.5 Å². The van der Waals surface area contributed by atoms with E-state index in [4.69, 9.17) is 5.73 Å². The topological polar surface area (TPSA) is 46.2 Å². The molecule has 12 heavy (non-hydrogen) atoms. The maximum atomic E-state index is 9.86. The summed E-state index contributed by atoms with van der Waals surface area (Å²) in [5.74, 6) is 0.634. The lowest BCUT2D eigenvalue weighted by molar-refractivity contribution is 0.0784. The van der Waals surface area contributed by atoms with Crippen LogP contribution in [0, 0.1) is 11.3 Å². The van der Waals surface area contributed by atoms with Gasteiger partial charge in [0.2, 0.25) is 0 Å². The van der Waals surface area contributed by atoms with Gasteiger partial charge in [-0.1, -0.05) is 26.7 Å². The molecule has 0 aliphatic heterocycles. The lowest BCUT2D eigenvalue weighted by Gasteiger charge is -2.21. The Balaban J connectivity index is 2.35. The summed E-state index contributed by atoms with van der Waals surface area (Å²) in [4.78, 5) is 0. The Bertz CT molecular complexity index is 145. The van der Waals surface area contributed by atoms with Crippen molar-refractivity contribution in [3.63, 3.8) is 0 Å². The van der Waals surface area contributed by atoms with E-state index in [1.165, 1.54) is 0 Å². The SMILES string of the molecule is CCCC[C@@H](O)[C@@]1(CN)C[C@@H]1C. The highest BCUT2D eigenvalue weighted by atomic mass is 16.3. The van der Waals surface area contributed by atoms with E-state index in [-0.39, 0.29) is 11.5 Å². The predicted molar refractivity (Wildman–Crippen MR) is 50.8 cm³/mol. The fourth-order valence-electron chi connectivity index (χ4n) is 2.08. The fourth-order valence-corrected chi connectivity index (χ4v) is 2.08. The van der Waals surface area contributed by atoms with Crippen molar-refractivity contribution in [1.82, 2.24) is 0 Å². The number of hydrogen-bond donors (Lipinski definition) is 2. The Morgan fingerprint density at radius 2 is 2.25 bits per heavy atom. The minimum Gasteiger partial charge on any atom is -0.392 e. The van der Waals surface area contributed by atoms with Gasteiger partial charge in [0.15, 0.2) is 0 Å². The first-order chi connectivity index (χ1) is 5.67. The molecule has 0 spiro atoms. The van der Waals surface area contributed by atoms with Gasteiger partial charge in [-0.15, -0.1) is 0 Å². The van der Waals surface area contributed by atoms with E-state index in [1.807, 2.05) is 0 Å². The number of unbranched alkanes of at least 4 members (excludes halogenated alkanes) is 1. The highest BCUT2D eigenvalue weighted by Gasteiger charge is 2.54. The second-order valence-corrected chi connectivity index (χ2v) is 4.20. The van der Waals surface area contributed by atoms with Gasteiger partial charge in [0, 0.05) is 12.0 Å². The molecule has 3 N–H and O–H groups in total. The third kappa shape index (κ3) is 1.64. The molecule has 3 atom stereocenters. The van der Waals surface area contributed by atoms with Crippen molar-refractivity contribution in [2.75, 3.05) is 6.54 Å². The molecule has 2 nitrogen and oxygen atoms in total. The smallest absolute Gasteiger partial charge is 0.0611 e. The third-order valence-electron chi connectivity index (χ3n) is 3.38. The van der Waals surface area contributed by atoms with Crippen LogP contribution >= 0.6 is 0 Å². The second kappa shape index (κ2) is 3.75. The molecule has 0 saturated heterocycles. The molecule has 0 aromatic heterocycles. The van der Waals surface area contributed by atoms with Crippen molar-refractivity contribution in [2.24, 2.45) is 17.1 Å². The summed E-state index contributed by atoms with van der Waals surface area (Å²) in [6.45, 7) is 4.99. The second-order valence-electron chi connectivity index (χ2n) is 4.20. The average molecular weight is 171 g/mol. The predicted octanol–water partition coefficient (Wildman–Crippen LogP) is 1.52. The maximum Gasteiger partial charge on any atom is 0.0611 e. The van der Waals surface area contributed by atoms with E-state index in [0.717, 1.165) is 25.7 Å². The average Bonchev–Trinajstić information content (AvgIpc) is 2.74. The number of rotatable bonds is 5. The van der Waals surface area contributed by atoms with Crippen molar-refractivity contribution >= 4 is 0 Å². The van der Waals surface area contributed by atoms with Crippen LogP contribution in [0.5, 0.6) is 0 Å². The zero-order valence-corrected chi connectivity index (χ0v) is 8.21. The van der Waals surface area contributed by atoms with Crippen molar-refractivity contribution in [2.45, 2.75) is 45.6 Å². The number of hydrogen-bond acceptors (Lipinski definition) is 2. The van der Waals surface area contributed by atoms with Crippen LogP contribution in [-0.2, 0) is 0 Å². The molecule has 0 aromatic carbocycles. The van der Waals surface area contributed by atoms with Crippen molar-refractivity contribution in [3.8, 4) is 0 Å². The fraction of sp³-hybridized carbons (Fsp3) is 1.00. The number of nitrogens with two attached hydrogens (primary N) is 1. The Hall–Kier alpha value is -0.0800. The summed E-state index contributed by atoms with van der Waals surface area (Å²) >= 11 is 0. The highest BCUT2D eigenvalue weighted by molar-refractivity contribution is 5.05. The molecule has 0 unspecified atom stereocenters. The normalized spacial score (nSPS) is 36.5. The Morgan fingerprint density at radius 1 is 1.67 bits per heavy atom. The Morgan fingerprint density at radius 3 is 2.58 bits per heavy atom. The third-order valence-corrected chi connectivity index (χ3v) is 3.38. The van der Waals surface area contributed by atoms with Crippen molar-refractivity contribution in [3.05, 3.63) is 0 Å². The molecular weight excluding hydrogens is 150 g/mol. The minimum absolute atomic E-state index is 0.0924. The Kier molecular flexibility index (Phi) is 3.13. The van der Waals surface area contributed by atoms with E-state index >= 15 is 0 Å². The first-order valence-corrected chi connectivity index (χ1v) is 5.05. The van der Waals surface area contributed by atoms with Gasteiger partial charge in [0.1, 0.15) is 0 Å². The van der Waals surface area contributed by atoms with Gasteiger partial charge in [-0.25, -0.2) is 0 Å². The molecule has 1 rings (SSSR count). The van der Waals surface area contributed by atoms with Crippen LogP contribution in [0.3, 0.4) is 0 Å². The molecule has 1 aliphatic carbocycles. The molecular formula is C10H21NO. The minimum atomic E-state index is -0.155. The largest absolute Gasteiger partial charge is 0.392 e. The van der Waals surface area contributed by atoms with Gasteiger partial charge in [-0.2, -0.15) is 0 Å². The van der Waals surface area contributed by atoms with Crippen LogP contribution in [0.15, 0.2) is 0 Å². The Labute approximate surface area is 75.2 Å². The molecule has 1 saturated carbocycles.